The fourth-order valence-electron chi connectivity index (χ4n) is 2.61. The summed E-state index contributed by atoms with van der Waals surface area (Å²) < 4.78 is 4.58. The lowest BCUT2D eigenvalue weighted by Gasteiger charge is -2.12. The Labute approximate surface area is 152 Å². The fraction of sp³-hybridized carbons (Fsp3) is 0.150. The van der Waals surface area contributed by atoms with E-state index < -0.39 is 6.09 Å². The average molecular weight is 348 g/mol. The van der Waals surface area contributed by atoms with Crippen LogP contribution in [0.4, 0.5) is 10.5 Å². The Morgan fingerprint density at radius 1 is 1.12 bits per heavy atom. The fourth-order valence-corrected chi connectivity index (χ4v) is 2.61. The number of nitrogens with zero attached hydrogens (tertiary/aromatic N) is 2. The molecule has 3 aromatic rings. The van der Waals surface area contributed by atoms with Gasteiger partial charge in [0, 0.05) is 11.3 Å². The number of rotatable bonds is 5. The van der Waals surface area contributed by atoms with Crippen molar-refractivity contribution in [1.29, 1.82) is 0 Å². The first-order valence-electron chi connectivity index (χ1n) is 8.23. The van der Waals surface area contributed by atoms with Crippen LogP contribution in [0, 0.1) is 0 Å². The van der Waals surface area contributed by atoms with Gasteiger partial charge in [-0.2, -0.15) is 10.2 Å². The molecule has 0 aliphatic heterocycles. The minimum atomic E-state index is -0.502. The molecule has 6 heteroatoms. The molecule has 1 amide bonds. The van der Waals surface area contributed by atoms with E-state index in [2.05, 4.69) is 20.3 Å². The van der Waals surface area contributed by atoms with E-state index >= 15 is 0 Å². The van der Waals surface area contributed by atoms with Gasteiger partial charge < -0.3 is 10.5 Å². The molecular formula is C20H20N4O2. The lowest BCUT2D eigenvalue weighted by Crippen LogP contribution is -2.15. The van der Waals surface area contributed by atoms with Crippen LogP contribution in [-0.2, 0) is 11.2 Å². The molecule has 3 N–H and O–H groups in total. The van der Waals surface area contributed by atoms with Gasteiger partial charge in [0.15, 0.2) is 0 Å². The highest BCUT2D eigenvalue weighted by molar-refractivity contribution is 5.85. The van der Waals surface area contributed by atoms with Crippen molar-refractivity contribution in [1.82, 2.24) is 10.2 Å². The topological polar surface area (TPSA) is 90.1 Å². The van der Waals surface area contributed by atoms with Gasteiger partial charge in [-0.3, -0.25) is 5.32 Å². The number of hydrogen-bond acceptors (Lipinski definition) is 5. The average Bonchev–Trinajstić information content (AvgIpc) is 2.69. The number of benzene rings is 2. The van der Waals surface area contributed by atoms with E-state index in [-0.39, 0.29) is 6.04 Å². The molecular weight excluding hydrogens is 328 g/mol. The molecule has 1 aromatic heterocycles. The third-order valence-electron chi connectivity index (χ3n) is 4.00. The zero-order chi connectivity index (χ0) is 18.4. The van der Waals surface area contributed by atoms with Crippen LogP contribution in [0.1, 0.15) is 17.3 Å². The Morgan fingerprint density at radius 3 is 2.54 bits per heavy atom. The van der Waals surface area contributed by atoms with Crippen LogP contribution in [0.2, 0.25) is 0 Å². The number of ether oxygens (including phenoxy) is 1. The van der Waals surface area contributed by atoms with Crippen LogP contribution in [0.25, 0.3) is 11.1 Å². The summed E-state index contributed by atoms with van der Waals surface area (Å²) in [6.07, 6.45) is 1.89. The number of carbonyl (C=O) groups excluding carboxylic acids is 1. The molecule has 0 saturated heterocycles. The van der Waals surface area contributed by atoms with E-state index in [0.717, 1.165) is 22.4 Å². The number of hydrogen-bond donors (Lipinski definition) is 2. The minimum Gasteiger partial charge on any atom is -0.453 e. The smallest absolute Gasteiger partial charge is 0.411 e. The molecule has 1 atom stereocenters. The molecule has 1 heterocycles. The Balaban J connectivity index is 1.75. The zero-order valence-electron chi connectivity index (χ0n) is 14.4. The molecule has 0 spiro atoms. The van der Waals surface area contributed by atoms with Crippen molar-refractivity contribution in [3.63, 3.8) is 0 Å². The minimum absolute atomic E-state index is 0.231. The number of nitrogens with two attached hydrogens (primary N) is 1. The van der Waals surface area contributed by atoms with E-state index in [1.807, 2.05) is 48.5 Å². The monoisotopic (exact) mass is 348 g/mol. The molecule has 0 saturated carbocycles. The SMILES string of the molecule is COC(=O)Nc1ccc(-c2cnnc([C@@H](N)Cc3ccccc3)c2)cc1. The number of aromatic nitrogens is 2. The van der Waals surface area contributed by atoms with Gasteiger partial charge in [0.25, 0.3) is 0 Å². The van der Waals surface area contributed by atoms with Crippen LogP contribution in [0.15, 0.2) is 66.9 Å². The summed E-state index contributed by atoms with van der Waals surface area (Å²) in [6, 6.07) is 19.2. The highest BCUT2D eigenvalue weighted by atomic mass is 16.5. The summed E-state index contributed by atoms with van der Waals surface area (Å²) in [5.74, 6) is 0. The van der Waals surface area contributed by atoms with Gasteiger partial charge >= 0.3 is 6.09 Å². The van der Waals surface area contributed by atoms with Gasteiger partial charge in [0.05, 0.1) is 25.0 Å². The van der Waals surface area contributed by atoms with E-state index in [0.29, 0.717) is 12.1 Å². The Hall–Kier alpha value is -3.25. The second-order valence-electron chi connectivity index (χ2n) is 5.86. The standard InChI is InChI=1S/C20H20N4O2/c1-26-20(25)23-17-9-7-15(8-10-17)16-12-19(24-22-13-16)18(21)11-14-5-3-2-4-6-14/h2-10,12-13,18H,11,21H2,1H3,(H,23,25)/t18-/m0/s1. The van der Waals surface area contributed by atoms with Gasteiger partial charge in [0.1, 0.15) is 0 Å². The summed E-state index contributed by atoms with van der Waals surface area (Å²) in [4.78, 5) is 11.2. The molecule has 0 aliphatic carbocycles. The highest BCUT2D eigenvalue weighted by Gasteiger charge is 2.11. The second-order valence-corrected chi connectivity index (χ2v) is 5.86. The molecule has 3 rings (SSSR count). The Bertz CT molecular complexity index is 866. The van der Waals surface area contributed by atoms with Crippen LogP contribution < -0.4 is 11.1 Å². The quantitative estimate of drug-likeness (QED) is 0.736. The zero-order valence-corrected chi connectivity index (χ0v) is 14.4. The lowest BCUT2D eigenvalue weighted by atomic mass is 10.0. The normalized spacial score (nSPS) is 11.6. The van der Waals surface area contributed by atoms with Gasteiger partial charge in [-0.15, -0.1) is 0 Å². The van der Waals surface area contributed by atoms with Crippen molar-refractivity contribution < 1.29 is 9.53 Å². The van der Waals surface area contributed by atoms with Crippen molar-refractivity contribution in [2.24, 2.45) is 5.73 Å². The van der Waals surface area contributed by atoms with Crippen LogP contribution in [0.3, 0.4) is 0 Å². The third-order valence-corrected chi connectivity index (χ3v) is 4.00. The van der Waals surface area contributed by atoms with Crippen molar-refractivity contribution >= 4 is 11.8 Å². The molecule has 0 fully saturated rings. The van der Waals surface area contributed by atoms with Gasteiger partial charge in [-0.25, -0.2) is 4.79 Å². The largest absolute Gasteiger partial charge is 0.453 e. The Morgan fingerprint density at radius 2 is 1.85 bits per heavy atom. The third kappa shape index (κ3) is 4.43. The van der Waals surface area contributed by atoms with E-state index in [9.17, 15) is 4.79 Å². The molecule has 6 nitrogen and oxygen atoms in total. The Kier molecular flexibility index (Phi) is 5.56. The van der Waals surface area contributed by atoms with Crippen molar-refractivity contribution in [2.75, 3.05) is 12.4 Å². The number of anilines is 1. The maximum absolute atomic E-state index is 11.2. The van der Waals surface area contributed by atoms with E-state index in [1.54, 1.807) is 18.3 Å². The van der Waals surface area contributed by atoms with Crippen LogP contribution in [0.5, 0.6) is 0 Å². The van der Waals surface area contributed by atoms with Crippen LogP contribution >= 0.6 is 0 Å². The predicted octanol–water partition coefficient (Wildman–Crippen LogP) is 3.56. The number of amides is 1. The number of methoxy groups -OCH3 is 1. The molecule has 0 unspecified atom stereocenters. The summed E-state index contributed by atoms with van der Waals surface area (Å²) in [5, 5.41) is 10.9. The molecule has 26 heavy (non-hydrogen) atoms. The molecule has 0 radical (unpaired) electrons. The predicted molar refractivity (Wildman–Crippen MR) is 101 cm³/mol. The molecule has 0 aliphatic rings. The van der Waals surface area contributed by atoms with Crippen LogP contribution in [-0.4, -0.2) is 23.4 Å². The molecule has 2 aromatic carbocycles. The number of carbonyl (C=O) groups is 1. The highest BCUT2D eigenvalue weighted by Crippen LogP contribution is 2.23. The first-order chi connectivity index (χ1) is 12.7. The lowest BCUT2D eigenvalue weighted by molar-refractivity contribution is 0.187. The summed E-state index contributed by atoms with van der Waals surface area (Å²) >= 11 is 0. The summed E-state index contributed by atoms with van der Waals surface area (Å²) in [5.41, 5.74) is 10.7. The molecule has 0 bridgehead atoms. The summed E-state index contributed by atoms with van der Waals surface area (Å²) in [7, 11) is 1.33. The maximum Gasteiger partial charge on any atom is 0.411 e. The van der Waals surface area contributed by atoms with Gasteiger partial charge in [-0.1, -0.05) is 42.5 Å². The van der Waals surface area contributed by atoms with E-state index in [1.165, 1.54) is 7.11 Å². The van der Waals surface area contributed by atoms with Crippen molar-refractivity contribution in [3.8, 4) is 11.1 Å². The van der Waals surface area contributed by atoms with Crippen molar-refractivity contribution in [2.45, 2.75) is 12.5 Å². The van der Waals surface area contributed by atoms with Gasteiger partial charge in [0.2, 0.25) is 0 Å². The maximum atomic E-state index is 11.2. The first kappa shape index (κ1) is 17.6. The first-order valence-corrected chi connectivity index (χ1v) is 8.23. The van der Waals surface area contributed by atoms with E-state index in [4.69, 9.17) is 5.73 Å². The molecule has 132 valence electrons. The summed E-state index contributed by atoms with van der Waals surface area (Å²) in [6.45, 7) is 0. The van der Waals surface area contributed by atoms with Crippen molar-refractivity contribution in [3.05, 3.63) is 78.1 Å². The number of nitrogens with one attached hydrogen (secondary N) is 1. The van der Waals surface area contributed by atoms with Gasteiger partial charge in [-0.05, 0) is 35.7 Å². The second kappa shape index (κ2) is 8.22.